The molecule has 0 bridgehead atoms. The van der Waals surface area contributed by atoms with E-state index in [1.165, 1.54) is 19.3 Å². The molecule has 0 aliphatic heterocycles. The Labute approximate surface area is 147 Å². The summed E-state index contributed by atoms with van der Waals surface area (Å²) in [6, 6.07) is 0.840. The number of pyridine rings is 1. The van der Waals surface area contributed by atoms with Crippen molar-refractivity contribution in [2.75, 3.05) is 13.7 Å². The SMILES string of the molecule is CNC(=O)[C@@H](NC(=O)c1cc(OCC2CC2)c(Cl)cn1)C(C)(C)C. The first-order valence-electron chi connectivity index (χ1n) is 8.03. The van der Waals surface area contributed by atoms with Gasteiger partial charge in [-0.3, -0.25) is 9.59 Å². The number of carbonyl (C=O) groups excluding carboxylic acids is 2. The number of amides is 2. The van der Waals surface area contributed by atoms with E-state index in [0.717, 1.165) is 12.8 Å². The highest BCUT2D eigenvalue weighted by Gasteiger charge is 2.32. The van der Waals surface area contributed by atoms with Crippen LogP contribution in [0.3, 0.4) is 0 Å². The summed E-state index contributed by atoms with van der Waals surface area (Å²) in [5.41, 5.74) is -0.267. The van der Waals surface area contributed by atoms with Crippen LogP contribution in [0.15, 0.2) is 12.3 Å². The predicted octanol–water partition coefficient (Wildman–Crippen LogP) is 2.41. The molecule has 0 radical (unpaired) electrons. The zero-order valence-electron chi connectivity index (χ0n) is 14.5. The van der Waals surface area contributed by atoms with Gasteiger partial charge in [-0.1, -0.05) is 32.4 Å². The average Bonchev–Trinajstić information content (AvgIpc) is 3.34. The predicted molar refractivity (Wildman–Crippen MR) is 92.2 cm³/mol. The summed E-state index contributed by atoms with van der Waals surface area (Å²) in [4.78, 5) is 28.6. The average molecular weight is 354 g/mol. The maximum atomic E-state index is 12.5. The largest absolute Gasteiger partial charge is 0.492 e. The van der Waals surface area contributed by atoms with Crippen molar-refractivity contribution in [3.8, 4) is 5.75 Å². The van der Waals surface area contributed by atoms with E-state index in [2.05, 4.69) is 15.6 Å². The van der Waals surface area contributed by atoms with Gasteiger partial charge < -0.3 is 15.4 Å². The van der Waals surface area contributed by atoms with Crippen LogP contribution in [0.1, 0.15) is 44.1 Å². The molecule has 24 heavy (non-hydrogen) atoms. The van der Waals surface area contributed by atoms with Gasteiger partial charge in [-0.15, -0.1) is 0 Å². The smallest absolute Gasteiger partial charge is 0.270 e. The Balaban J connectivity index is 2.12. The van der Waals surface area contributed by atoms with E-state index >= 15 is 0 Å². The Kier molecular flexibility index (Phi) is 5.70. The van der Waals surface area contributed by atoms with Crippen LogP contribution in [0.25, 0.3) is 0 Å². The minimum atomic E-state index is -0.677. The lowest BCUT2D eigenvalue weighted by atomic mass is 9.86. The highest BCUT2D eigenvalue weighted by Crippen LogP contribution is 2.31. The zero-order valence-corrected chi connectivity index (χ0v) is 15.2. The molecule has 1 aromatic heterocycles. The molecule has 1 aliphatic rings. The number of likely N-dealkylation sites (N-methyl/N-ethyl adjacent to an activating group) is 1. The second-order valence-corrected chi connectivity index (χ2v) is 7.55. The van der Waals surface area contributed by atoms with Crippen molar-refractivity contribution >= 4 is 23.4 Å². The molecule has 1 fully saturated rings. The Morgan fingerprint density at radius 2 is 2.08 bits per heavy atom. The van der Waals surface area contributed by atoms with Gasteiger partial charge in [0.15, 0.2) is 0 Å². The zero-order chi connectivity index (χ0) is 17.9. The molecular weight excluding hydrogens is 330 g/mol. The first-order valence-corrected chi connectivity index (χ1v) is 8.41. The fourth-order valence-corrected chi connectivity index (χ4v) is 2.33. The van der Waals surface area contributed by atoms with E-state index in [0.29, 0.717) is 23.3 Å². The fourth-order valence-electron chi connectivity index (χ4n) is 2.17. The molecule has 0 spiro atoms. The molecule has 2 rings (SSSR count). The second-order valence-electron chi connectivity index (χ2n) is 7.14. The van der Waals surface area contributed by atoms with Gasteiger partial charge in [0.2, 0.25) is 5.91 Å². The normalized spacial score (nSPS) is 15.5. The van der Waals surface area contributed by atoms with Crippen LogP contribution in [0.4, 0.5) is 0 Å². The number of nitrogens with one attached hydrogen (secondary N) is 2. The van der Waals surface area contributed by atoms with E-state index in [4.69, 9.17) is 16.3 Å². The van der Waals surface area contributed by atoms with Gasteiger partial charge in [0.05, 0.1) is 12.8 Å². The molecule has 1 atom stereocenters. The number of halogens is 1. The summed E-state index contributed by atoms with van der Waals surface area (Å²) in [7, 11) is 1.54. The Hall–Kier alpha value is -1.82. The van der Waals surface area contributed by atoms with Crippen LogP contribution in [0.5, 0.6) is 5.75 Å². The van der Waals surface area contributed by atoms with Crippen molar-refractivity contribution < 1.29 is 14.3 Å². The fraction of sp³-hybridized carbons (Fsp3) is 0.588. The highest BCUT2D eigenvalue weighted by molar-refractivity contribution is 6.32. The topological polar surface area (TPSA) is 80.3 Å². The molecule has 2 N–H and O–H groups in total. The molecule has 132 valence electrons. The molecule has 7 heteroatoms. The summed E-state index contributed by atoms with van der Waals surface area (Å²) in [6.07, 6.45) is 3.72. The highest BCUT2D eigenvalue weighted by atomic mass is 35.5. The summed E-state index contributed by atoms with van der Waals surface area (Å²) >= 11 is 6.07. The quantitative estimate of drug-likeness (QED) is 0.823. The molecule has 1 aromatic rings. The molecule has 0 aromatic carbocycles. The first kappa shape index (κ1) is 18.5. The van der Waals surface area contributed by atoms with Crippen molar-refractivity contribution in [3.05, 3.63) is 23.0 Å². The third kappa shape index (κ3) is 4.84. The molecule has 2 amide bonds. The lowest BCUT2D eigenvalue weighted by molar-refractivity contribution is -0.124. The van der Waals surface area contributed by atoms with E-state index in [1.54, 1.807) is 0 Å². The number of aromatic nitrogens is 1. The van der Waals surface area contributed by atoms with Gasteiger partial charge >= 0.3 is 0 Å². The first-order chi connectivity index (χ1) is 11.2. The van der Waals surface area contributed by atoms with Crippen molar-refractivity contribution in [2.24, 2.45) is 11.3 Å². The maximum absolute atomic E-state index is 12.5. The number of hydrogen-bond acceptors (Lipinski definition) is 4. The van der Waals surface area contributed by atoms with E-state index in [1.807, 2.05) is 20.8 Å². The molecule has 1 heterocycles. The third-order valence-electron chi connectivity index (χ3n) is 3.87. The van der Waals surface area contributed by atoms with Crippen LogP contribution < -0.4 is 15.4 Å². The summed E-state index contributed by atoms with van der Waals surface area (Å²) in [5, 5.41) is 5.67. The van der Waals surface area contributed by atoms with E-state index in [-0.39, 0.29) is 11.6 Å². The number of carbonyl (C=O) groups is 2. The monoisotopic (exact) mass is 353 g/mol. The summed E-state index contributed by atoms with van der Waals surface area (Å²) in [6.45, 7) is 6.24. The van der Waals surface area contributed by atoms with Crippen molar-refractivity contribution in [2.45, 2.75) is 39.7 Å². The number of hydrogen-bond donors (Lipinski definition) is 2. The molecule has 0 saturated heterocycles. The third-order valence-corrected chi connectivity index (χ3v) is 4.16. The minimum Gasteiger partial charge on any atom is -0.492 e. The van der Waals surface area contributed by atoms with Gasteiger partial charge in [-0.05, 0) is 24.2 Å². The Morgan fingerprint density at radius 1 is 1.42 bits per heavy atom. The molecule has 1 saturated carbocycles. The molecule has 0 unspecified atom stereocenters. The van der Waals surface area contributed by atoms with Crippen LogP contribution in [0.2, 0.25) is 5.02 Å². The van der Waals surface area contributed by atoms with Gasteiger partial charge in [0, 0.05) is 13.1 Å². The molecular formula is C17H24ClN3O3. The van der Waals surface area contributed by atoms with Gasteiger partial charge in [0.1, 0.15) is 22.5 Å². The number of ether oxygens (including phenoxy) is 1. The van der Waals surface area contributed by atoms with Crippen LogP contribution in [-0.4, -0.2) is 36.5 Å². The van der Waals surface area contributed by atoms with Gasteiger partial charge in [0.25, 0.3) is 5.91 Å². The molecule has 6 nitrogen and oxygen atoms in total. The standard InChI is InChI=1S/C17H24ClN3O3/c1-17(2,3)14(16(23)19-4)21-15(22)12-7-13(11(18)8-20-12)24-9-10-5-6-10/h7-8,10,14H,5-6,9H2,1-4H3,(H,19,23)(H,21,22)/t14-/m1/s1. The van der Waals surface area contributed by atoms with Crippen molar-refractivity contribution in [1.29, 1.82) is 0 Å². The Bertz CT molecular complexity index is 624. The van der Waals surface area contributed by atoms with Crippen molar-refractivity contribution in [3.63, 3.8) is 0 Å². The second kappa shape index (κ2) is 7.38. The number of nitrogens with zero attached hydrogens (tertiary/aromatic N) is 1. The minimum absolute atomic E-state index is 0.170. The summed E-state index contributed by atoms with van der Waals surface area (Å²) in [5.74, 6) is 0.322. The maximum Gasteiger partial charge on any atom is 0.270 e. The molecule has 1 aliphatic carbocycles. The van der Waals surface area contributed by atoms with Crippen LogP contribution in [-0.2, 0) is 4.79 Å². The van der Waals surface area contributed by atoms with Crippen LogP contribution >= 0.6 is 11.6 Å². The van der Waals surface area contributed by atoms with Gasteiger partial charge in [-0.2, -0.15) is 0 Å². The van der Waals surface area contributed by atoms with E-state index in [9.17, 15) is 9.59 Å². The van der Waals surface area contributed by atoms with Crippen LogP contribution in [0, 0.1) is 11.3 Å². The lowest BCUT2D eigenvalue weighted by Crippen LogP contribution is -2.53. The van der Waals surface area contributed by atoms with E-state index < -0.39 is 17.4 Å². The Morgan fingerprint density at radius 3 is 2.62 bits per heavy atom. The lowest BCUT2D eigenvalue weighted by Gasteiger charge is -2.29. The number of rotatable bonds is 6. The van der Waals surface area contributed by atoms with Gasteiger partial charge in [-0.25, -0.2) is 4.98 Å². The summed E-state index contributed by atoms with van der Waals surface area (Å²) < 4.78 is 5.66. The van der Waals surface area contributed by atoms with Crippen molar-refractivity contribution in [1.82, 2.24) is 15.6 Å².